The van der Waals surface area contributed by atoms with Gasteiger partial charge in [0.1, 0.15) is 11.4 Å². The Morgan fingerprint density at radius 2 is 1.84 bits per heavy atom. The Hall–Kier alpha value is -2.86. The molecule has 1 heterocycles. The van der Waals surface area contributed by atoms with E-state index in [9.17, 15) is 4.79 Å². The third kappa shape index (κ3) is 4.36. The van der Waals surface area contributed by atoms with Crippen LogP contribution in [-0.2, 0) is 0 Å². The zero-order chi connectivity index (χ0) is 17.6. The van der Waals surface area contributed by atoms with Gasteiger partial charge >= 0.3 is 0 Å². The number of hydrogen-bond acceptors (Lipinski definition) is 4. The summed E-state index contributed by atoms with van der Waals surface area (Å²) in [5.41, 5.74) is 2.60. The van der Waals surface area contributed by atoms with Crippen molar-refractivity contribution >= 4 is 38.9 Å². The molecular formula is C19H16BrN3O2. The number of hydrogen-bond donors (Lipinski definition) is 2. The highest BCUT2D eigenvalue weighted by Gasteiger charge is 2.11. The summed E-state index contributed by atoms with van der Waals surface area (Å²) < 4.78 is 6.22. The topological polar surface area (TPSA) is 63.2 Å². The van der Waals surface area contributed by atoms with Gasteiger partial charge in [0.15, 0.2) is 0 Å². The number of pyridine rings is 1. The first kappa shape index (κ1) is 17.0. The average molecular weight is 398 g/mol. The SMILES string of the molecule is COc1ccccc1NC(=O)c1cc(Nc2cccc(Br)c2)ccn1. The van der Waals surface area contributed by atoms with Gasteiger partial charge in [-0.1, -0.05) is 34.1 Å². The lowest BCUT2D eigenvalue weighted by molar-refractivity contribution is 0.102. The van der Waals surface area contributed by atoms with Crippen LogP contribution >= 0.6 is 15.9 Å². The van der Waals surface area contributed by atoms with Crippen molar-refractivity contribution < 1.29 is 9.53 Å². The molecule has 3 rings (SSSR count). The van der Waals surface area contributed by atoms with Crippen LogP contribution in [0.15, 0.2) is 71.3 Å². The second-order valence-corrected chi connectivity index (χ2v) is 6.14. The van der Waals surface area contributed by atoms with Gasteiger partial charge < -0.3 is 15.4 Å². The second kappa shape index (κ2) is 7.81. The fourth-order valence-corrected chi connectivity index (χ4v) is 2.70. The fraction of sp³-hybridized carbons (Fsp3) is 0.0526. The largest absolute Gasteiger partial charge is 0.495 e. The molecular weight excluding hydrogens is 382 g/mol. The van der Waals surface area contributed by atoms with Gasteiger partial charge in [-0.05, 0) is 42.5 Å². The van der Waals surface area contributed by atoms with E-state index in [1.807, 2.05) is 36.4 Å². The fourth-order valence-electron chi connectivity index (χ4n) is 2.30. The molecule has 2 aromatic carbocycles. The normalized spacial score (nSPS) is 10.2. The number of halogens is 1. The van der Waals surface area contributed by atoms with Gasteiger partial charge in [-0.15, -0.1) is 0 Å². The van der Waals surface area contributed by atoms with E-state index >= 15 is 0 Å². The second-order valence-electron chi connectivity index (χ2n) is 5.22. The summed E-state index contributed by atoms with van der Waals surface area (Å²) in [7, 11) is 1.56. The standard InChI is InChI=1S/C19H16BrN3O2/c1-25-18-8-3-2-7-16(18)23-19(24)17-12-15(9-10-21-17)22-14-6-4-5-13(20)11-14/h2-12H,1H3,(H,21,22)(H,23,24). The molecule has 6 heteroatoms. The molecule has 0 atom stereocenters. The van der Waals surface area contributed by atoms with Gasteiger partial charge in [-0.2, -0.15) is 0 Å². The molecule has 0 spiro atoms. The molecule has 2 N–H and O–H groups in total. The molecule has 0 aliphatic heterocycles. The first-order chi connectivity index (χ1) is 12.2. The van der Waals surface area contributed by atoms with Crippen LogP contribution in [0.2, 0.25) is 0 Å². The van der Waals surface area contributed by atoms with Gasteiger partial charge in [0.05, 0.1) is 12.8 Å². The van der Waals surface area contributed by atoms with Crippen molar-refractivity contribution in [3.8, 4) is 5.75 Å². The van der Waals surface area contributed by atoms with Crippen LogP contribution in [0.1, 0.15) is 10.5 Å². The van der Waals surface area contributed by atoms with Crippen molar-refractivity contribution in [3.05, 3.63) is 77.0 Å². The maximum atomic E-state index is 12.5. The zero-order valence-corrected chi connectivity index (χ0v) is 15.1. The Balaban J connectivity index is 1.77. The van der Waals surface area contributed by atoms with E-state index < -0.39 is 0 Å². The van der Waals surface area contributed by atoms with Gasteiger partial charge in [0, 0.05) is 22.0 Å². The van der Waals surface area contributed by atoms with Crippen molar-refractivity contribution in [3.63, 3.8) is 0 Å². The molecule has 0 fully saturated rings. The monoisotopic (exact) mass is 397 g/mol. The molecule has 0 aliphatic rings. The van der Waals surface area contributed by atoms with E-state index in [0.717, 1.165) is 15.8 Å². The molecule has 0 bridgehead atoms. The Morgan fingerprint density at radius 1 is 1.04 bits per heavy atom. The number of ether oxygens (including phenoxy) is 1. The molecule has 1 aromatic heterocycles. The highest BCUT2D eigenvalue weighted by Crippen LogP contribution is 2.24. The highest BCUT2D eigenvalue weighted by atomic mass is 79.9. The Bertz CT molecular complexity index is 899. The van der Waals surface area contributed by atoms with E-state index in [2.05, 4.69) is 31.5 Å². The molecule has 5 nitrogen and oxygen atoms in total. The van der Waals surface area contributed by atoms with Crippen LogP contribution < -0.4 is 15.4 Å². The Labute approximate surface area is 154 Å². The molecule has 3 aromatic rings. The summed E-state index contributed by atoms with van der Waals surface area (Å²) in [6.45, 7) is 0. The quantitative estimate of drug-likeness (QED) is 0.645. The third-order valence-corrected chi connectivity index (χ3v) is 3.95. The van der Waals surface area contributed by atoms with Crippen LogP contribution in [0.4, 0.5) is 17.1 Å². The minimum Gasteiger partial charge on any atom is -0.495 e. The van der Waals surface area contributed by atoms with E-state index in [1.54, 1.807) is 37.6 Å². The number of amides is 1. The molecule has 0 aliphatic carbocycles. The first-order valence-corrected chi connectivity index (χ1v) is 8.38. The number of anilines is 3. The average Bonchev–Trinajstić information content (AvgIpc) is 2.62. The number of nitrogens with one attached hydrogen (secondary N) is 2. The highest BCUT2D eigenvalue weighted by molar-refractivity contribution is 9.10. The number of nitrogens with zero attached hydrogens (tertiary/aromatic N) is 1. The molecule has 25 heavy (non-hydrogen) atoms. The molecule has 0 unspecified atom stereocenters. The number of carbonyl (C=O) groups is 1. The molecule has 1 amide bonds. The van der Waals surface area contributed by atoms with Gasteiger partial charge in [-0.25, -0.2) is 0 Å². The number of carbonyl (C=O) groups excluding carboxylic acids is 1. The number of para-hydroxylation sites is 2. The summed E-state index contributed by atoms with van der Waals surface area (Å²) in [6, 6.07) is 18.5. The lowest BCUT2D eigenvalue weighted by Gasteiger charge is -2.11. The number of methoxy groups -OCH3 is 1. The van der Waals surface area contributed by atoms with Crippen LogP contribution in [0.25, 0.3) is 0 Å². The minimum absolute atomic E-state index is 0.303. The number of benzene rings is 2. The third-order valence-electron chi connectivity index (χ3n) is 3.46. The Morgan fingerprint density at radius 3 is 2.64 bits per heavy atom. The van der Waals surface area contributed by atoms with Crippen LogP contribution in [-0.4, -0.2) is 18.0 Å². The van der Waals surface area contributed by atoms with E-state index in [-0.39, 0.29) is 5.91 Å². The van der Waals surface area contributed by atoms with Crippen molar-refractivity contribution in [1.82, 2.24) is 4.98 Å². The molecule has 126 valence electrons. The smallest absolute Gasteiger partial charge is 0.274 e. The van der Waals surface area contributed by atoms with E-state index in [0.29, 0.717) is 17.1 Å². The van der Waals surface area contributed by atoms with Crippen molar-refractivity contribution in [2.75, 3.05) is 17.7 Å². The molecule has 0 radical (unpaired) electrons. The van der Waals surface area contributed by atoms with Gasteiger partial charge in [0.2, 0.25) is 0 Å². The van der Waals surface area contributed by atoms with Crippen molar-refractivity contribution in [1.29, 1.82) is 0 Å². The minimum atomic E-state index is -0.303. The number of aromatic nitrogens is 1. The lowest BCUT2D eigenvalue weighted by Crippen LogP contribution is -2.14. The van der Waals surface area contributed by atoms with E-state index in [1.165, 1.54) is 0 Å². The number of rotatable bonds is 5. The summed E-state index contributed by atoms with van der Waals surface area (Å²) >= 11 is 3.44. The van der Waals surface area contributed by atoms with Gasteiger partial charge in [0.25, 0.3) is 5.91 Å². The summed E-state index contributed by atoms with van der Waals surface area (Å²) in [4.78, 5) is 16.6. The maximum absolute atomic E-state index is 12.5. The molecule has 0 saturated carbocycles. The van der Waals surface area contributed by atoms with Crippen LogP contribution in [0.5, 0.6) is 5.75 Å². The van der Waals surface area contributed by atoms with Gasteiger partial charge in [-0.3, -0.25) is 9.78 Å². The van der Waals surface area contributed by atoms with E-state index in [4.69, 9.17) is 4.74 Å². The summed E-state index contributed by atoms with van der Waals surface area (Å²) in [6.07, 6.45) is 1.59. The maximum Gasteiger partial charge on any atom is 0.274 e. The van der Waals surface area contributed by atoms with Crippen LogP contribution in [0, 0.1) is 0 Å². The Kier molecular flexibility index (Phi) is 5.30. The summed E-state index contributed by atoms with van der Waals surface area (Å²) in [5.74, 6) is 0.293. The van der Waals surface area contributed by atoms with Crippen molar-refractivity contribution in [2.45, 2.75) is 0 Å². The predicted molar refractivity (Wildman–Crippen MR) is 103 cm³/mol. The summed E-state index contributed by atoms with van der Waals surface area (Å²) in [5, 5.41) is 6.07. The predicted octanol–water partition coefficient (Wildman–Crippen LogP) is 4.85. The van der Waals surface area contributed by atoms with Crippen LogP contribution in [0.3, 0.4) is 0 Å². The first-order valence-electron chi connectivity index (χ1n) is 7.59. The zero-order valence-electron chi connectivity index (χ0n) is 13.5. The lowest BCUT2D eigenvalue weighted by atomic mass is 10.2. The van der Waals surface area contributed by atoms with Crippen molar-refractivity contribution in [2.24, 2.45) is 0 Å². The molecule has 0 saturated heterocycles.